The number of hydrogen-bond donors (Lipinski definition) is 2. The van der Waals surface area contributed by atoms with E-state index in [0.717, 1.165) is 10.1 Å². The van der Waals surface area contributed by atoms with Crippen LogP contribution in [-0.2, 0) is 11.3 Å². The molecule has 3 heterocycles. The summed E-state index contributed by atoms with van der Waals surface area (Å²) >= 11 is 0. The third kappa shape index (κ3) is 3.69. The monoisotopic (exact) mass is 401 g/mol. The molecule has 0 radical (unpaired) electrons. The summed E-state index contributed by atoms with van der Waals surface area (Å²) in [6.07, 6.45) is 3.41. The van der Waals surface area contributed by atoms with E-state index < -0.39 is 11.2 Å². The van der Waals surface area contributed by atoms with Gasteiger partial charge in [0.2, 0.25) is 5.91 Å². The summed E-state index contributed by atoms with van der Waals surface area (Å²) < 4.78 is 0.965. The van der Waals surface area contributed by atoms with Gasteiger partial charge in [0.15, 0.2) is 0 Å². The van der Waals surface area contributed by atoms with E-state index >= 15 is 0 Å². The summed E-state index contributed by atoms with van der Waals surface area (Å²) in [5, 5.41) is 3.65. The minimum atomic E-state index is -0.583. The molecule has 0 aliphatic carbocycles. The summed E-state index contributed by atoms with van der Waals surface area (Å²) in [6, 6.07) is 10.3. The molecule has 2 N–H and O–H groups in total. The van der Waals surface area contributed by atoms with Crippen LogP contribution in [0, 0.1) is 0 Å². The Hall–Kier alpha value is -2.97. The van der Waals surface area contributed by atoms with Gasteiger partial charge in [0.25, 0.3) is 5.56 Å². The molecule has 1 amide bonds. The Morgan fingerprint density at radius 1 is 1.18 bits per heavy atom. The van der Waals surface area contributed by atoms with Crippen molar-refractivity contribution in [2.24, 2.45) is 0 Å². The highest BCUT2D eigenvalue weighted by Crippen LogP contribution is 2.21. The quantitative estimate of drug-likeness (QED) is 0.672. The number of H-pyrrole nitrogens is 1. The number of para-hydroxylation sites is 1. The third-order valence-corrected chi connectivity index (χ3v) is 4.82. The lowest BCUT2D eigenvalue weighted by Gasteiger charge is -2.36. The highest BCUT2D eigenvalue weighted by molar-refractivity contribution is 5.85. The van der Waals surface area contributed by atoms with Crippen LogP contribution in [0.1, 0.15) is 11.6 Å². The van der Waals surface area contributed by atoms with Crippen LogP contribution in [-0.4, -0.2) is 45.0 Å². The molecule has 1 atom stereocenters. The molecule has 0 spiro atoms. The summed E-state index contributed by atoms with van der Waals surface area (Å²) in [7, 11) is 0. The molecule has 1 aliphatic heterocycles. The SMILES string of the molecule is Cl.O=C(Cn1c(=O)[nH]c2ccccc2c1=O)N1CCNCC1c1cccnc1. The molecule has 1 fully saturated rings. The van der Waals surface area contributed by atoms with Crippen LogP contribution in [0.4, 0.5) is 0 Å². The van der Waals surface area contributed by atoms with E-state index in [2.05, 4.69) is 15.3 Å². The second-order valence-electron chi connectivity index (χ2n) is 6.46. The smallest absolute Gasteiger partial charge is 0.329 e. The fraction of sp³-hybridized carbons (Fsp3) is 0.263. The summed E-state index contributed by atoms with van der Waals surface area (Å²) in [4.78, 5) is 46.5. The number of aromatic nitrogens is 3. The van der Waals surface area contributed by atoms with Crippen LogP contribution in [0.25, 0.3) is 10.9 Å². The molecule has 9 heteroatoms. The number of nitrogens with zero attached hydrogens (tertiary/aromatic N) is 3. The van der Waals surface area contributed by atoms with Crippen LogP contribution < -0.4 is 16.6 Å². The van der Waals surface area contributed by atoms with Crippen molar-refractivity contribution < 1.29 is 4.79 Å². The topological polar surface area (TPSA) is 100 Å². The van der Waals surface area contributed by atoms with Crippen molar-refractivity contribution in [1.29, 1.82) is 0 Å². The highest BCUT2D eigenvalue weighted by atomic mass is 35.5. The molecule has 2 aromatic heterocycles. The number of aromatic amines is 1. The average Bonchev–Trinajstić information content (AvgIpc) is 2.71. The second kappa shape index (κ2) is 8.37. The van der Waals surface area contributed by atoms with Gasteiger partial charge in [-0.3, -0.25) is 19.1 Å². The van der Waals surface area contributed by atoms with Crippen LogP contribution in [0.15, 0.2) is 58.4 Å². The standard InChI is InChI=1S/C19H19N5O3.ClH/c25-17(23-9-8-21-11-16(23)13-4-3-7-20-10-13)12-24-18(26)14-5-1-2-6-15(14)22-19(24)27;/h1-7,10,16,21H,8-9,11-12H2,(H,22,27);1H. The Balaban J connectivity index is 0.00000225. The van der Waals surface area contributed by atoms with Crippen LogP contribution in [0.5, 0.6) is 0 Å². The van der Waals surface area contributed by atoms with Gasteiger partial charge in [-0.1, -0.05) is 18.2 Å². The molecule has 0 bridgehead atoms. The highest BCUT2D eigenvalue weighted by Gasteiger charge is 2.28. The fourth-order valence-corrected chi connectivity index (χ4v) is 3.44. The molecule has 146 valence electrons. The Morgan fingerprint density at radius 3 is 2.79 bits per heavy atom. The van der Waals surface area contributed by atoms with E-state index in [-0.39, 0.29) is 30.9 Å². The molecular formula is C19H20ClN5O3. The van der Waals surface area contributed by atoms with Crippen molar-refractivity contribution in [2.75, 3.05) is 19.6 Å². The van der Waals surface area contributed by atoms with Crippen LogP contribution >= 0.6 is 12.4 Å². The molecule has 3 aromatic rings. The lowest BCUT2D eigenvalue weighted by atomic mass is 10.1. The van der Waals surface area contributed by atoms with E-state index in [9.17, 15) is 14.4 Å². The number of halogens is 1. The van der Waals surface area contributed by atoms with E-state index in [1.54, 1.807) is 41.6 Å². The Bertz CT molecular complexity index is 1100. The van der Waals surface area contributed by atoms with E-state index in [1.165, 1.54) is 0 Å². The summed E-state index contributed by atoms with van der Waals surface area (Å²) in [5.41, 5.74) is 0.334. The van der Waals surface area contributed by atoms with Crippen molar-refractivity contribution in [3.05, 3.63) is 75.2 Å². The first kappa shape index (κ1) is 19.8. The first-order chi connectivity index (χ1) is 13.1. The maximum atomic E-state index is 13.0. The van der Waals surface area contributed by atoms with Gasteiger partial charge in [0.1, 0.15) is 6.54 Å². The van der Waals surface area contributed by atoms with E-state index in [4.69, 9.17) is 0 Å². The largest absolute Gasteiger partial charge is 0.331 e. The average molecular weight is 402 g/mol. The number of piperazine rings is 1. The number of rotatable bonds is 3. The number of carbonyl (C=O) groups is 1. The van der Waals surface area contributed by atoms with Gasteiger partial charge in [-0.15, -0.1) is 12.4 Å². The van der Waals surface area contributed by atoms with Gasteiger partial charge in [0.05, 0.1) is 16.9 Å². The number of fused-ring (bicyclic) bond motifs is 1. The lowest BCUT2D eigenvalue weighted by molar-refractivity contribution is -0.135. The van der Waals surface area contributed by atoms with Crippen molar-refractivity contribution >= 4 is 29.2 Å². The first-order valence-electron chi connectivity index (χ1n) is 8.77. The van der Waals surface area contributed by atoms with Crippen molar-refractivity contribution in [2.45, 2.75) is 12.6 Å². The van der Waals surface area contributed by atoms with Crippen molar-refractivity contribution in [3.63, 3.8) is 0 Å². The number of amides is 1. The van der Waals surface area contributed by atoms with E-state index in [1.807, 2.05) is 12.1 Å². The van der Waals surface area contributed by atoms with Crippen LogP contribution in [0.3, 0.4) is 0 Å². The number of hydrogen-bond acceptors (Lipinski definition) is 5. The zero-order valence-corrected chi connectivity index (χ0v) is 15.8. The van der Waals surface area contributed by atoms with Gasteiger partial charge >= 0.3 is 5.69 Å². The molecule has 0 saturated carbocycles. The molecule has 1 aromatic carbocycles. The van der Waals surface area contributed by atoms with Crippen molar-refractivity contribution in [3.8, 4) is 0 Å². The molecule has 1 aliphatic rings. The zero-order valence-electron chi connectivity index (χ0n) is 15.0. The fourth-order valence-electron chi connectivity index (χ4n) is 3.44. The van der Waals surface area contributed by atoms with Gasteiger partial charge in [0, 0.05) is 32.0 Å². The van der Waals surface area contributed by atoms with Crippen molar-refractivity contribution in [1.82, 2.24) is 24.8 Å². The Kier molecular flexibility index (Phi) is 5.91. The molecule has 8 nitrogen and oxygen atoms in total. The first-order valence-corrected chi connectivity index (χ1v) is 8.77. The number of pyridine rings is 1. The molecule has 4 rings (SSSR count). The predicted molar refractivity (Wildman–Crippen MR) is 108 cm³/mol. The normalized spacial score (nSPS) is 16.6. The van der Waals surface area contributed by atoms with Gasteiger partial charge in [-0.2, -0.15) is 0 Å². The predicted octanol–water partition coefficient (Wildman–Crippen LogP) is 0.680. The third-order valence-electron chi connectivity index (χ3n) is 4.82. The molecule has 1 unspecified atom stereocenters. The maximum absolute atomic E-state index is 13.0. The Morgan fingerprint density at radius 2 is 2.00 bits per heavy atom. The number of nitrogens with one attached hydrogen (secondary N) is 2. The van der Waals surface area contributed by atoms with Gasteiger partial charge in [-0.25, -0.2) is 4.79 Å². The Labute approximate surface area is 166 Å². The second-order valence-corrected chi connectivity index (χ2v) is 6.46. The number of benzene rings is 1. The molecule has 28 heavy (non-hydrogen) atoms. The minimum absolute atomic E-state index is 0. The summed E-state index contributed by atoms with van der Waals surface area (Å²) in [6.45, 7) is 1.46. The molecular weight excluding hydrogens is 382 g/mol. The number of carbonyl (C=O) groups excluding carboxylic acids is 1. The van der Waals surface area contributed by atoms with Gasteiger partial charge in [-0.05, 0) is 23.8 Å². The zero-order chi connectivity index (χ0) is 18.8. The van der Waals surface area contributed by atoms with E-state index in [0.29, 0.717) is 30.5 Å². The minimum Gasteiger partial charge on any atom is -0.331 e. The van der Waals surface area contributed by atoms with Crippen LogP contribution in [0.2, 0.25) is 0 Å². The van der Waals surface area contributed by atoms with Gasteiger partial charge < -0.3 is 15.2 Å². The maximum Gasteiger partial charge on any atom is 0.329 e. The lowest BCUT2D eigenvalue weighted by Crippen LogP contribution is -2.51. The molecule has 1 saturated heterocycles. The summed E-state index contributed by atoms with van der Waals surface area (Å²) in [5.74, 6) is -0.270.